The molecule has 0 aliphatic carbocycles. The first kappa shape index (κ1) is 16.5. The van der Waals surface area contributed by atoms with Crippen molar-refractivity contribution in [2.24, 2.45) is 0 Å². The zero-order valence-corrected chi connectivity index (χ0v) is 14.7. The second-order valence-electron chi connectivity index (χ2n) is 6.22. The number of nitrogens with zero attached hydrogens (tertiary/aromatic N) is 1. The zero-order chi connectivity index (χ0) is 16.4. The van der Waals surface area contributed by atoms with E-state index in [1.807, 2.05) is 58.0 Å². The molecule has 1 aromatic heterocycles. The molecule has 0 saturated heterocycles. The molecule has 1 atom stereocenters. The van der Waals surface area contributed by atoms with E-state index in [9.17, 15) is 4.79 Å². The summed E-state index contributed by atoms with van der Waals surface area (Å²) in [7, 11) is 0. The summed E-state index contributed by atoms with van der Waals surface area (Å²) in [6.07, 6.45) is 1.24. The summed E-state index contributed by atoms with van der Waals surface area (Å²) in [6, 6.07) is 9.57. The molecule has 0 aliphatic rings. The molecule has 0 unspecified atom stereocenters. The number of hydrogen-bond donors (Lipinski definition) is 2. The van der Waals surface area contributed by atoms with Gasteiger partial charge in [-0.05, 0) is 51.5 Å². The first-order valence-electron chi connectivity index (χ1n) is 6.98. The smallest absolute Gasteiger partial charge is 0.408 e. The number of carbonyl (C=O) groups excluding carboxylic acids is 1. The minimum Gasteiger partial charge on any atom is -0.444 e. The molecule has 0 spiro atoms. The van der Waals surface area contributed by atoms with Gasteiger partial charge in [0, 0.05) is 10.7 Å². The number of aromatic nitrogens is 2. The van der Waals surface area contributed by atoms with Crippen molar-refractivity contribution in [3.05, 3.63) is 52.3 Å². The predicted octanol–water partition coefficient (Wildman–Crippen LogP) is 3.96. The minimum absolute atomic E-state index is 0.488. The van der Waals surface area contributed by atoms with Gasteiger partial charge in [0.25, 0.3) is 0 Å². The molecule has 1 aromatic carbocycles. The van der Waals surface area contributed by atoms with Gasteiger partial charge < -0.3 is 10.1 Å². The van der Waals surface area contributed by atoms with Crippen molar-refractivity contribution in [1.82, 2.24) is 15.5 Å². The summed E-state index contributed by atoms with van der Waals surface area (Å²) in [6.45, 7) is 7.39. The Bertz CT molecular complexity index is 650. The van der Waals surface area contributed by atoms with Crippen LogP contribution in [-0.4, -0.2) is 21.9 Å². The van der Waals surface area contributed by atoms with Crippen molar-refractivity contribution in [1.29, 1.82) is 0 Å². The molecule has 0 radical (unpaired) electrons. The molecule has 2 rings (SSSR count). The lowest BCUT2D eigenvalue weighted by molar-refractivity contribution is 0.0477. The summed E-state index contributed by atoms with van der Waals surface area (Å²) in [5.74, 6) is 0. The fourth-order valence-corrected chi connectivity index (χ4v) is 2.53. The number of amides is 1. The van der Waals surface area contributed by atoms with E-state index in [1.54, 1.807) is 6.20 Å². The molecule has 2 aromatic rings. The molecule has 6 heteroatoms. The molecule has 1 heterocycles. The molecule has 2 N–H and O–H groups in total. The number of hydrogen-bond acceptors (Lipinski definition) is 3. The maximum absolute atomic E-state index is 12.2. The Hall–Kier alpha value is -1.82. The van der Waals surface area contributed by atoms with E-state index in [-0.39, 0.29) is 0 Å². The SMILES string of the molecule is CC(C)(C)OC(=O)N[C@](C)(c1cccc(Br)c1)c1cc[nH]n1. The van der Waals surface area contributed by atoms with Crippen LogP contribution in [0.2, 0.25) is 0 Å². The van der Waals surface area contributed by atoms with Crippen molar-refractivity contribution < 1.29 is 9.53 Å². The summed E-state index contributed by atoms with van der Waals surface area (Å²) < 4.78 is 6.31. The van der Waals surface area contributed by atoms with E-state index >= 15 is 0 Å². The normalized spacial score (nSPS) is 14.2. The molecule has 22 heavy (non-hydrogen) atoms. The number of halogens is 1. The average Bonchev–Trinajstić information content (AvgIpc) is 2.90. The lowest BCUT2D eigenvalue weighted by atomic mass is 9.89. The number of carbonyl (C=O) groups is 1. The van der Waals surface area contributed by atoms with Crippen molar-refractivity contribution in [2.75, 3.05) is 0 Å². The van der Waals surface area contributed by atoms with Crippen LogP contribution in [0.1, 0.15) is 39.0 Å². The second-order valence-corrected chi connectivity index (χ2v) is 7.14. The Morgan fingerprint density at radius 3 is 2.55 bits per heavy atom. The third-order valence-electron chi connectivity index (χ3n) is 3.17. The summed E-state index contributed by atoms with van der Waals surface area (Å²) in [5.41, 5.74) is 0.247. The number of aromatic amines is 1. The largest absolute Gasteiger partial charge is 0.444 e. The van der Waals surface area contributed by atoms with E-state index in [0.717, 1.165) is 10.0 Å². The maximum atomic E-state index is 12.2. The summed E-state index contributed by atoms with van der Waals surface area (Å²) >= 11 is 3.46. The molecule has 0 fully saturated rings. The standard InChI is InChI=1S/C16H20BrN3O2/c1-15(2,3)22-14(21)19-16(4,13-8-9-18-20-13)11-6-5-7-12(17)10-11/h5-10H,1-4H3,(H,18,20)(H,19,21)/t16-/m1/s1. The quantitative estimate of drug-likeness (QED) is 0.864. The van der Waals surface area contributed by atoms with Gasteiger partial charge in [-0.1, -0.05) is 28.1 Å². The highest BCUT2D eigenvalue weighted by molar-refractivity contribution is 9.10. The highest BCUT2D eigenvalue weighted by Gasteiger charge is 2.34. The number of rotatable bonds is 3. The van der Waals surface area contributed by atoms with E-state index in [0.29, 0.717) is 5.69 Å². The van der Waals surface area contributed by atoms with Crippen LogP contribution in [0.5, 0.6) is 0 Å². The zero-order valence-electron chi connectivity index (χ0n) is 13.1. The highest BCUT2D eigenvalue weighted by Crippen LogP contribution is 2.30. The minimum atomic E-state index is -0.799. The molecular formula is C16H20BrN3O2. The monoisotopic (exact) mass is 365 g/mol. The Balaban J connectivity index is 2.37. The summed E-state index contributed by atoms with van der Waals surface area (Å²) in [5, 5.41) is 9.95. The van der Waals surface area contributed by atoms with Gasteiger partial charge in [0.2, 0.25) is 0 Å². The van der Waals surface area contributed by atoms with Crippen LogP contribution in [-0.2, 0) is 10.3 Å². The van der Waals surface area contributed by atoms with E-state index in [2.05, 4.69) is 31.4 Å². The third-order valence-corrected chi connectivity index (χ3v) is 3.66. The van der Waals surface area contributed by atoms with E-state index < -0.39 is 17.2 Å². The van der Waals surface area contributed by atoms with Gasteiger partial charge in [-0.15, -0.1) is 0 Å². The topological polar surface area (TPSA) is 67.0 Å². The first-order valence-corrected chi connectivity index (χ1v) is 7.77. The Labute approximate surface area is 138 Å². The van der Waals surface area contributed by atoms with Crippen molar-refractivity contribution in [2.45, 2.75) is 38.8 Å². The fourth-order valence-electron chi connectivity index (χ4n) is 2.13. The predicted molar refractivity (Wildman–Crippen MR) is 88.6 cm³/mol. The lowest BCUT2D eigenvalue weighted by Gasteiger charge is -2.31. The van der Waals surface area contributed by atoms with Gasteiger partial charge in [0.1, 0.15) is 11.1 Å². The van der Waals surface area contributed by atoms with Crippen molar-refractivity contribution in [3.8, 4) is 0 Å². The molecule has 118 valence electrons. The van der Waals surface area contributed by atoms with Gasteiger partial charge in [-0.3, -0.25) is 5.10 Å². The van der Waals surface area contributed by atoms with E-state index in [1.165, 1.54) is 0 Å². The van der Waals surface area contributed by atoms with Crippen LogP contribution in [0.25, 0.3) is 0 Å². The van der Waals surface area contributed by atoms with Crippen molar-refractivity contribution in [3.63, 3.8) is 0 Å². The highest BCUT2D eigenvalue weighted by atomic mass is 79.9. The Morgan fingerprint density at radius 2 is 2.00 bits per heavy atom. The lowest BCUT2D eigenvalue weighted by Crippen LogP contribution is -2.46. The van der Waals surface area contributed by atoms with Crippen LogP contribution in [0.15, 0.2) is 41.0 Å². The number of benzene rings is 1. The van der Waals surface area contributed by atoms with Gasteiger partial charge in [-0.2, -0.15) is 5.10 Å². The first-order chi connectivity index (χ1) is 10.2. The van der Waals surface area contributed by atoms with Crippen LogP contribution in [0, 0.1) is 0 Å². The van der Waals surface area contributed by atoms with Crippen LogP contribution in [0.3, 0.4) is 0 Å². The average molecular weight is 366 g/mol. The number of H-pyrrole nitrogens is 1. The van der Waals surface area contributed by atoms with Gasteiger partial charge >= 0.3 is 6.09 Å². The van der Waals surface area contributed by atoms with Crippen LogP contribution < -0.4 is 5.32 Å². The molecule has 0 saturated carbocycles. The van der Waals surface area contributed by atoms with E-state index in [4.69, 9.17) is 4.74 Å². The molecule has 1 amide bonds. The van der Waals surface area contributed by atoms with Gasteiger partial charge in [0.15, 0.2) is 0 Å². The molecule has 5 nitrogen and oxygen atoms in total. The number of alkyl carbamates (subject to hydrolysis) is 1. The molecular weight excluding hydrogens is 346 g/mol. The van der Waals surface area contributed by atoms with Gasteiger partial charge in [0.05, 0.1) is 5.69 Å². The number of nitrogens with one attached hydrogen (secondary N) is 2. The van der Waals surface area contributed by atoms with Crippen LogP contribution in [0.4, 0.5) is 4.79 Å². The Kier molecular flexibility index (Phi) is 4.60. The Morgan fingerprint density at radius 1 is 1.27 bits per heavy atom. The number of ether oxygens (including phenoxy) is 1. The molecule has 0 bridgehead atoms. The summed E-state index contributed by atoms with van der Waals surface area (Å²) in [4.78, 5) is 12.2. The fraction of sp³-hybridized carbons (Fsp3) is 0.375. The maximum Gasteiger partial charge on any atom is 0.408 e. The third kappa shape index (κ3) is 3.88. The van der Waals surface area contributed by atoms with Crippen molar-refractivity contribution >= 4 is 22.0 Å². The second kappa shape index (κ2) is 6.12. The molecule has 0 aliphatic heterocycles. The van der Waals surface area contributed by atoms with Crippen LogP contribution >= 0.6 is 15.9 Å². The van der Waals surface area contributed by atoms with Gasteiger partial charge in [-0.25, -0.2) is 4.79 Å².